The average molecular weight is 1850 g/mol. The highest BCUT2D eigenvalue weighted by molar-refractivity contribution is 8.00. The van der Waals surface area contributed by atoms with E-state index in [1.54, 1.807) is 86.9 Å². The lowest BCUT2D eigenvalue weighted by atomic mass is 10.00. The van der Waals surface area contributed by atoms with Crippen molar-refractivity contribution >= 4 is 140 Å². The van der Waals surface area contributed by atoms with Crippen LogP contribution in [0.4, 0.5) is 0 Å². The molecule has 2 aromatic carbocycles. The summed E-state index contributed by atoms with van der Waals surface area (Å²) in [6.07, 6.45) is 8.79. The summed E-state index contributed by atoms with van der Waals surface area (Å²) in [5.41, 5.74) is 20.0. The number of hydrogen-bond donors (Lipinski definition) is 19. The van der Waals surface area contributed by atoms with Crippen molar-refractivity contribution in [3.63, 3.8) is 0 Å². The van der Waals surface area contributed by atoms with E-state index in [0.717, 1.165) is 36.3 Å². The molecule has 0 unspecified atom stereocenters. The standard InChI is InChI=1S/C88H125N25O18S/c1-10-12-25-68-81(125)102-59(24-18-30-95-88(91)92)77(121)108-67(76(120)98-43-72(90)116)46-132-47-74(118)101-63(35-51-28-31-93-32-29-51)84(128)110(7)50(5)75(119)104-65(39-71(89)115)86(130)113-33-19-27-69(113)82(126)103-61(38-54-42-94-48-99-54)79(123)105-62(34-49(3)4)83(127)109(6)44-73(117)100-60(36-52-40-96-57-22-16-14-20-55(52)57)78(122)107-66(45-114)80(124)106-64(37-53-41-97-58-23-17-15-21-56(53)58)85(129)112(9)70(26-13-11-2)87(131)111(68)8/h14-17,20-23,28-29,31-32,40-42,48-50,59-70,96-97,114H,10-13,18-19,24-27,30,33-39,43-47H2,1-9H3,(H2,89,115)(H2,90,116)(H,94,99)(H,98,120)(H,100,117)(H,101,118)(H,102,125)(H,103,126)(H,104,119)(H,105,123)(H,106,124)(H,107,122)(H,108,121)(H4,91,92,95)/t50-,59-,60-,61-,62-,63-,64-,65-,66-,67-,68-,69-,70-/m0/s1. The fourth-order valence-corrected chi connectivity index (χ4v) is 16.6. The van der Waals surface area contributed by atoms with Gasteiger partial charge >= 0.3 is 0 Å². The number of aliphatic hydroxyl groups is 1. The van der Waals surface area contributed by atoms with Crippen molar-refractivity contribution in [3.8, 4) is 0 Å². The Balaban J connectivity index is 1.18. The van der Waals surface area contributed by atoms with Crippen LogP contribution < -0.4 is 75.7 Å². The predicted octanol–water partition coefficient (Wildman–Crippen LogP) is -2.74. The highest BCUT2D eigenvalue weighted by atomic mass is 32.2. The monoisotopic (exact) mass is 1850 g/mol. The van der Waals surface area contributed by atoms with Crippen molar-refractivity contribution in [2.75, 3.05) is 72.5 Å². The number of aliphatic hydroxyl groups excluding tert-OH is 1. The van der Waals surface area contributed by atoms with Gasteiger partial charge in [0.05, 0.1) is 38.2 Å². The number of primary amides is 2. The van der Waals surface area contributed by atoms with Crippen LogP contribution in [0.15, 0.2) is 98.0 Å². The Bertz CT molecular complexity index is 5050. The van der Waals surface area contributed by atoms with E-state index in [0.29, 0.717) is 69.9 Å². The number of nitrogens with one attached hydrogen (secondary N) is 15. The third kappa shape index (κ3) is 30.0. The Morgan fingerprint density at radius 2 is 1.09 bits per heavy atom. The summed E-state index contributed by atoms with van der Waals surface area (Å²) < 4.78 is 0. The van der Waals surface area contributed by atoms with Crippen molar-refractivity contribution in [2.24, 2.45) is 23.1 Å². The Labute approximate surface area is 768 Å². The molecule has 44 heteroatoms. The molecule has 2 aliphatic rings. The van der Waals surface area contributed by atoms with Gasteiger partial charge < -0.3 is 120 Å². The quantitative estimate of drug-likeness (QED) is 0.0149. The molecule has 0 bridgehead atoms. The van der Waals surface area contributed by atoms with Gasteiger partial charge in [-0.1, -0.05) is 89.8 Å². The molecule has 2 fully saturated rings. The maximum Gasteiger partial charge on any atom is 0.246 e. The number of aromatic amines is 3. The smallest absolute Gasteiger partial charge is 0.246 e. The Morgan fingerprint density at radius 3 is 1.69 bits per heavy atom. The van der Waals surface area contributed by atoms with Gasteiger partial charge in [0.15, 0.2) is 5.96 Å². The minimum atomic E-state index is -1.85. The van der Waals surface area contributed by atoms with Gasteiger partial charge in [-0.2, -0.15) is 0 Å². The van der Waals surface area contributed by atoms with Crippen molar-refractivity contribution in [1.82, 2.24) is 108 Å². The van der Waals surface area contributed by atoms with E-state index >= 15 is 24.0 Å². The molecule has 2 saturated heterocycles. The molecule has 0 spiro atoms. The first-order valence-corrected chi connectivity index (χ1v) is 45.2. The van der Waals surface area contributed by atoms with Crippen molar-refractivity contribution < 1.29 is 86.6 Å². The van der Waals surface area contributed by atoms with Crippen molar-refractivity contribution in [1.29, 1.82) is 5.41 Å². The molecule has 132 heavy (non-hydrogen) atoms. The second kappa shape index (κ2) is 50.6. The number of likely N-dealkylation sites (N-methyl/N-ethyl adjacent to an activating group) is 4. The van der Waals surface area contributed by atoms with E-state index in [1.165, 1.54) is 60.0 Å². The zero-order valence-corrected chi connectivity index (χ0v) is 76.6. The number of unbranched alkanes of at least 4 members (excludes halogenated alkanes) is 2. The molecule has 0 aliphatic carbocycles. The first kappa shape index (κ1) is 104. The summed E-state index contributed by atoms with van der Waals surface area (Å²) in [7, 11) is 5.23. The molecule has 17 amide bonds. The number of para-hydroxylation sites is 2. The van der Waals surface area contributed by atoms with Gasteiger partial charge in [0.2, 0.25) is 100 Å². The number of thioether (sulfide) groups is 1. The Hall–Kier alpha value is -13.6. The summed E-state index contributed by atoms with van der Waals surface area (Å²) in [4.78, 5) is 271. The Morgan fingerprint density at radius 1 is 0.545 bits per heavy atom. The first-order valence-electron chi connectivity index (χ1n) is 44.1. The van der Waals surface area contributed by atoms with Crippen LogP contribution in [-0.2, 0) is 107 Å². The zero-order valence-electron chi connectivity index (χ0n) is 75.7. The highest BCUT2D eigenvalue weighted by Gasteiger charge is 2.44. The van der Waals surface area contributed by atoms with Gasteiger partial charge in [-0.3, -0.25) is 91.9 Å². The number of H-pyrrole nitrogens is 3. The van der Waals surface area contributed by atoms with Crippen LogP contribution in [0.2, 0.25) is 0 Å². The summed E-state index contributed by atoms with van der Waals surface area (Å²) in [6.45, 7) is 5.89. The summed E-state index contributed by atoms with van der Waals surface area (Å²) in [5.74, 6) is -17.2. The number of imidazole rings is 1. The summed E-state index contributed by atoms with van der Waals surface area (Å²) in [6, 6.07) is -2.49. The van der Waals surface area contributed by atoms with Crippen LogP contribution in [0.3, 0.4) is 0 Å². The summed E-state index contributed by atoms with van der Waals surface area (Å²) in [5, 5.41) is 49.4. The fraction of sp³-hybridized carbons (Fsp3) is 0.523. The number of nitrogens with two attached hydrogens (primary N) is 3. The fourth-order valence-electron chi connectivity index (χ4n) is 15.7. The van der Waals surface area contributed by atoms with Gasteiger partial charge in [-0.15, -0.1) is 11.8 Å². The Kier molecular flexibility index (Phi) is 39.8. The summed E-state index contributed by atoms with van der Waals surface area (Å²) >= 11 is 0.785. The minimum absolute atomic E-state index is 0.00164. The van der Waals surface area contributed by atoms with Crippen LogP contribution in [0.25, 0.3) is 21.8 Å². The molecule has 0 radical (unpaired) electrons. The van der Waals surface area contributed by atoms with Gasteiger partial charge in [0.25, 0.3) is 0 Å². The molecule has 4 aromatic heterocycles. The van der Waals surface area contributed by atoms with Crippen molar-refractivity contribution in [3.05, 3.63) is 120 Å². The lowest BCUT2D eigenvalue weighted by molar-refractivity contribution is -0.149. The van der Waals surface area contributed by atoms with Gasteiger partial charge in [-0.25, -0.2) is 4.98 Å². The van der Waals surface area contributed by atoms with E-state index in [9.17, 15) is 62.6 Å². The largest absolute Gasteiger partial charge is 0.394 e. The molecular formula is C88H125N25O18S. The third-order valence-electron chi connectivity index (χ3n) is 23.0. The lowest BCUT2D eigenvalue weighted by Crippen LogP contribution is -2.61. The molecule has 22 N–H and O–H groups in total. The molecular weight excluding hydrogens is 1730 g/mol. The number of rotatable bonds is 26. The zero-order chi connectivity index (χ0) is 96.6. The molecule has 716 valence electrons. The minimum Gasteiger partial charge on any atom is -0.394 e. The molecule has 2 aliphatic heterocycles. The molecule has 0 saturated carbocycles. The SMILES string of the molecule is CCCC[C@H]1C(=O)N(C)[C@@H](CCCC)C(=O)N[C@@H](CCCNC(=N)N)C(=O)N[C@H](C(=O)NCC(N)=O)CSCC(=O)N[C@@H](Cc2ccncc2)C(=O)N(C)[C@@H](C)C(=O)N[C@@H](CC(N)=O)C(=O)N2CCC[C@H]2C(=O)N[C@@H](Cc2cnc[nH]2)C(=O)N[C@@H](CC(C)C)C(=O)N(C)CC(=O)N[C@@H](Cc2c[nH]c3ccccc23)C(=O)N[C@@H](CO)C(=O)N[C@@H](Cc2c[nH]c3ccccc23)C(=O)N1C. The second-order valence-corrected chi connectivity index (χ2v) is 34.6. The molecule has 8 rings (SSSR count). The molecule has 6 heterocycles. The van der Waals surface area contributed by atoms with E-state index in [2.05, 4.69) is 83.4 Å². The number of carbonyl (C=O) groups excluding carboxylic acids is 17. The third-order valence-corrected chi connectivity index (χ3v) is 24.1. The van der Waals surface area contributed by atoms with Gasteiger partial charge in [0, 0.05) is 131 Å². The lowest BCUT2D eigenvalue weighted by Gasteiger charge is -2.36. The van der Waals surface area contributed by atoms with E-state index < -0.39 is 223 Å². The number of benzene rings is 2. The topological polar surface area (TPSA) is 634 Å². The number of aromatic nitrogens is 5. The number of fused-ring (bicyclic) bond motifs is 3. The second-order valence-electron chi connectivity index (χ2n) is 33.5. The number of hydrogen-bond acceptors (Lipinski definition) is 22. The number of pyridine rings is 1. The number of amides is 17. The maximum atomic E-state index is 15.7. The van der Waals surface area contributed by atoms with E-state index in [1.807, 2.05) is 13.8 Å². The normalized spacial score (nSPS) is 23.5. The molecule has 13 atom stereocenters. The molecule has 6 aromatic rings. The van der Waals surface area contributed by atoms with Gasteiger partial charge in [-0.05, 0) is 98.7 Å². The maximum absolute atomic E-state index is 15.7. The van der Waals surface area contributed by atoms with E-state index in [-0.39, 0.29) is 89.6 Å². The molecule has 43 nitrogen and oxygen atoms in total. The van der Waals surface area contributed by atoms with Gasteiger partial charge in [0.1, 0.15) is 78.5 Å². The van der Waals surface area contributed by atoms with Crippen LogP contribution in [0.1, 0.15) is 134 Å². The van der Waals surface area contributed by atoms with Crippen LogP contribution >= 0.6 is 11.8 Å². The first-order chi connectivity index (χ1) is 62.9. The number of nitrogens with zero attached hydrogens (tertiary/aromatic N) is 7. The van der Waals surface area contributed by atoms with Crippen LogP contribution in [-0.4, -0.2) is 312 Å². The van der Waals surface area contributed by atoms with Crippen molar-refractivity contribution in [2.45, 2.75) is 216 Å². The van der Waals surface area contributed by atoms with Crippen LogP contribution in [0.5, 0.6) is 0 Å². The highest BCUT2D eigenvalue weighted by Crippen LogP contribution is 2.26. The number of carbonyl (C=O) groups is 17. The van der Waals surface area contributed by atoms with E-state index in [4.69, 9.17) is 22.6 Å². The predicted molar refractivity (Wildman–Crippen MR) is 487 cm³/mol. The van der Waals surface area contributed by atoms with Crippen LogP contribution in [0, 0.1) is 11.3 Å². The number of guanidine groups is 1. The average Bonchev–Trinajstić information content (AvgIpc) is 1.48.